The molecule has 0 radical (unpaired) electrons. The van der Waals surface area contributed by atoms with Crippen molar-refractivity contribution in [1.29, 1.82) is 0 Å². The molecule has 1 aliphatic heterocycles. The van der Waals surface area contributed by atoms with Crippen molar-refractivity contribution in [3.8, 4) is 0 Å². The summed E-state index contributed by atoms with van der Waals surface area (Å²) in [6.45, 7) is 4.73. The van der Waals surface area contributed by atoms with Crippen LogP contribution in [0.25, 0.3) is 11.0 Å². The largest absolute Gasteiger partial charge is 0.380 e. The number of hydrogen-bond donors (Lipinski definition) is 1. The highest BCUT2D eigenvalue weighted by Crippen LogP contribution is 2.25. The Labute approximate surface area is 127 Å². The van der Waals surface area contributed by atoms with Crippen LogP contribution in [-0.2, 0) is 11.3 Å². The van der Waals surface area contributed by atoms with Crippen molar-refractivity contribution in [1.82, 2.24) is 19.0 Å². The van der Waals surface area contributed by atoms with E-state index in [-0.39, 0.29) is 11.4 Å². The molecule has 1 fully saturated rings. The van der Waals surface area contributed by atoms with Crippen LogP contribution in [0.1, 0.15) is 12.5 Å². The van der Waals surface area contributed by atoms with E-state index in [1.165, 1.54) is 11.7 Å². The molecule has 1 saturated heterocycles. The number of nitrogens with one attached hydrogen (secondary N) is 1. The highest BCUT2D eigenvalue weighted by Gasteiger charge is 2.33. The van der Waals surface area contributed by atoms with E-state index in [0.29, 0.717) is 26.3 Å². The molecule has 0 aliphatic carbocycles. The number of nitrogens with zero attached hydrogens (tertiary/aromatic N) is 3. The molecule has 2 aromatic rings. The molecule has 3 rings (SSSR count). The van der Waals surface area contributed by atoms with Crippen molar-refractivity contribution in [3.05, 3.63) is 23.8 Å². The first kappa shape index (κ1) is 14.2. The zero-order valence-electron chi connectivity index (χ0n) is 12.1. The van der Waals surface area contributed by atoms with Crippen molar-refractivity contribution >= 4 is 28.8 Å². The van der Waals surface area contributed by atoms with Crippen LogP contribution in [0.15, 0.2) is 18.2 Å². The predicted molar refractivity (Wildman–Crippen MR) is 81.2 cm³/mol. The first-order chi connectivity index (χ1) is 10.1. The number of fused-ring (bicyclic) bond motifs is 1. The maximum atomic E-state index is 12.1. The first-order valence-electron chi connectivity index (χ1n) is 6.84. The number of rotatable bonds is 4. The van der Waals surface area contributed by atoms with Gasteiger partial charge in [0.15, 0.2) is 0 Å². The lowest BCUT2D eigenvalue weighted by Gasteiger charge is -2.38. The molecule has 1 aliphatic rings. The predicted octanol–water partition coefficient (Wildman–Crippen LogP) is 1.87. The third-order valence-electron chi connectivity index (χ3n) is 3.65. The van der Waals surface area contributed by atoms with Crippen molar-refractivity contribution in [2.24, 2.45) is 5.41 Å². The second-order valence-electron chi connectivity index (χ2n) is 5.91. The maximum absolute atomic E-state index is 12.1. The van der Waals surface area contributed by atoms with Crippen LogP contribution in [0.4, 0.5) is 4.79 Å². The number of benzene rings is 1. The third-order valence-corrected chi connectivity index (χ3v) is 4.21. The Bertz CT molecular complexity index is 653. The normalized spacial score (nSPS) is 16.5. The Hall–Kier alpha value is -1.73. The summed E-state index contributed by atoms with van der Waals surface area (Å²) in [5, 5.41) is 2.96. The molecule has 2 heterocycles. The van der Waals surface area contributed by atoms with Gasteiger partial charge in [0.05, 0.1) is 24.9 Å². The summed E-state index contributed by atoms with van der Waals surface area (Å²) in [4.78, 5) is 13.8. The molecule has 0 atom stereocenters. The Balaban J connectivity index is 1.56. The van der Waals surface area contributed by atoms with Gasteiger partial charge in [0, 0.05) is 25.6 Å². The molecular weight excluding hydrogens is 288 g/mol. The molecule has 0 unspecified atom stereocenters. The van der Waals surface area contributed by atoms with Crippen LogP contribution < -0.4 is 5.32 Å². The average molecular weight is 306 g/mol. The minimum atomic E-state index is -0.0698. The third kappa shape index (κ3) is 3.14. The van der Waals surface area contributed by atoms with Crippen molar-refractivity contribution in [2.45, 2.75) is 13.5 Å². The lowest BCUT2D eigenvalue weighted by Crippen LogP contribution is -2.50. The van der Waals surface area contributed by atoms with Crippen molar-refractivity contribution in [3.63, 3.8) is 0 Å². The number of carbonyl (C=O) groups is 1. The molecule has 2 amide bonds. The smallest absolute Gasteiger partial charge is 0.317 e. The van der Waals surface area contributed by atoms with Gasteiger partial charge in [-0.2, -0.15) is 8.75 Å². The average Bonchev–Trinajstić information content (AvgIpc) is 2.90. The Morgan fingerprint density at radius 2 is 2.19 bits per heavy atom. The van der Waals surface area contributed by atoms with Gasteiger partial charge >= 0.3 is 6.03 Å². The van der Waals surface area contributed by atoms with E-state index in [2.05, 4.69) is 21.0 Å². The van der Waals surface area contributed by atoms with Gasteiger partial charge in [-0.15, -0.1) is 0 Å². The van der Waals surface area contributed by atoms with Crippen LogP contribution in [0.2, 0.25) is 0 Å². The monoisotopic (exact) mass is 306 g/mol. The van der Waals surface area contributed by atoms with Gasteiger partial charge < -0.3 is 15.0 Å². The molecule has 1 aromatic heterocycles. The minimum absolute atomic E-state index is 0.0698. The summed E-state index contributed by atoms with van der Waals surface area (Å²) in [6.07, 6.45) is 0. The van der Waals surface area contributed by atoms with Crippen LogP contribution in [0.3, 0.4) is 0 Å². The fraction of sp³-hybridized carbons (Fsp3) is 0.500. The van der Waals surface area contributed by atoms with Crippen LogP contribution in [-0.4, -0.2) is 46.5 Å². The summed E-state index contributed by atoms with van der Waals surface area (Å²) < 4.78 is 13.6. The topological polar surface area (TPSA) is 67.4 Å². The number of urea groups is 1. The number of amides is 2. The van der Waals surface area contributed by atoms with Crippen LogP contribution in [0, 0.1) is 5.41 Å². The lowest BCUT2D eigenvalue weighted by molar-refractivity contribution is -0.0978. The Morgan fingerprint density at radius 1 is 1.43 bits per heavy atom. The lowest BCUT2D eigenvalue weighted by atomic mass is 9.89. The molecule has 1 N–H and O–H groups in total. The van der Waals surface area contributed by atoms with Crippen LogP contribution >= 0.6 is 11.7 Å². The fourth-order valence-corrected chi connectivity index (χ4v) is 2.77. The molecular formula is C14H18N4O2S. The molecule has 1 aromatic carbocycles. The molecule has 0 spiro atoms. The summed E-state index contributed by atoms with van der Waals surface area (Å²) in [5.41, 5.74) is 2.91. The van der Waals surface area contributed by atoms with Crippen molar-refractivity contribution in [2.75, 3.05) is 26.8 Å². The fourth-order valence-electron chi connectivity index (χ4n) is 2.25. The van der Waals surface area contributed by atoms with Gasteiger partial charge in [0.2, 0.25) is 0 Å². The van der Waals surface area contributed by atoms with E-state index < -0.39 is 0 Å². The van der Waals surface area contributed by atoms with Crippen molar-refractivity contribution < 1.29 is 9.53 Å². The second kappa shape index (κ2) is 5.57. The van der Waals surface area contributed by atoms with Gasteiger partial charge in [-0.3, -0.25) is 0 Å². The molecule has 6 nitrogen and oxygen atoms in total. The first-order valence-corrected chi connectivity index (χ1v) is 7.57. The minimum Gasteiger partial charge on any atom is -0.380 e. The molecule has 0 bridgehead atoms. The number of ether oxygens (including phenoxy) is 1. The summed E-state index contributed by atoms with van der Waals surface area (Å²) in [7, 11) is 1.79. The van der Waals surface area contributed by atoms with Gasteiger partial charge in [0.1, 0.15) is 11.0 Å². The van der Waals surface area contributed by atoms with Gasteiger partial charge in [0.25, 0.3) is 0 Å². The molecule has 0 saturated carbocycles. The van der Waals surface area contributed by atoms with Gasteiger partial charge in [-0.05, 0) is 17.7 Å². The van der Waals surface area contributed by atoms with E-state index in [0.717, 1.165) is 16.6 Å². The van der Waals surface area contributed by atoms with E-state index in [9.17, 15) is 4.79 Å². The van der Waals surface area contributed by atoms with E-state index in [4.69, 9.17) is 4.74 Å². The SMILES string of the molecule is CN(Cc1ccc2nsnc2c1)C(=O)NCC1(C)COC1. The standard InChI is InChI=1S/C14H18N4O2S/c1-14(8-20-9-14)7-15-13(19)18(2)6-10-3-4-11-12(5-10)17-21-16-11/h3-5H,6-9H2,1-2H3,(H,15,19). The van der Waals surface area contributed by atoms with E-state index in [1.54, 1.807) is 11.9 Å². The maximum Gasteiger partial charge on any atom is 0.317 e. The van der Waals surface area contributed by atoms with E-state index >= 15 is 0 Å². The van der Waals surface area contributed by atoms with E-state index in [1.807, 2.05) is 18.2 Å². The van der Waals surface area contributed by atoms with Gasteiger partial charge in [-0.25, -0.2) is 4.79 Å². The zero-order valence-corrected chi connectivity index (χ0v) is 12.9. The second-order valence-corrected chi connectivity index (χ2v) is 6.43. The zero-order chi connectivity index (χ0) is 14.9. The number of aromatic nitrogens is 2. The quantitative estimate of drug-likeness (QED) is 0.936. The number of carbonyl (C=O) groups excluding carboxylic acids is 1. The summed E-state index contributed by atoms with van der Waals surface area (Å²) >= 11 is 1.20. The highest BCUT2D eigenvalue weighted by atomic mass is 32.1. The van der Waals surface area contributed by atoms with Crippen LogP contribution in [0.5, 0.6) is 0 Å². The molecule has 7 heteroatoms. The molecule has 21 heavy (non-hydrogen) atoms. The summed E-state index contributed by atoms with van der Waals surface area (Å²) in [5.74, 6) is 0. The number of hydrogen-bond acceptors (Lipinski definition) is 5. The highest BCUT2D eigenvalue weighted by molar-refractivity contribution is 7.00. The summed E-state index contributed by atoms with van der Waals surface area (Å²) in [6, 6.07) is 5.82. The Kier molecular flexibility index (Phi) is 3.77. The Morgan fingerprint density at radius 3 is 2.90 bits per heavy atom. The molecule has 112 valence electrons. The van der Waals surface area contributed by atoms with Gasteiger partial charge in [-0.1, -0.05) is 13.0 Å².